The van der Waals surface area contributed by atoms with Crippen LogP contribution >= 0.6 is 12.2 Å². The molecule has 0 aromatic heterocycles. The summed E-state index contributed by atoms with van der Waals surface area (Å²) in [6.07, 6.45) is 4.41. The maximum absolute atomic E-state index is 7.20. The summed E-state index contributed by atoms with van der Waals surface area (Å²) in [5, 5.41) is 2.72. The molecule has 0 heterocycles. The zero-order valence-electron chi connectivity index (χ0n) is 16.7. The number of hydrogen-bond acceptors (Lipinski definition) is 2. The second-order valence-electron chi connectivity index (χ2n) is 8.66. The predicted octanol–water partition coefficient (Wildman–Crippen LogP) is 4.41. The van der Waals surface area contributed by atoms with Gasteiger partial charge in [0.25, 0.3) is 8.32 Å². The molecular weight excluding hydrogens is 366 g/mol. The predicted molar refractivity (Wildman–Crippen MR) is 121 cm³/mol. The molecule has 0 unspecified atom stereocenters. The van der Waals surface area contributed by atoms with Gasteiger partial charge in [0.05, 0.1) is 4.99 Å². The fourth-order valence-corrected chi connectivity index (χ4v) is 9.39. The third-order valence-corrected chi connectivity index (χ3v) is 11.3. The number of nitrogens with two attached hydrogens (primary N) is 1. The Morgan fingerprint density at radius 3 is 1.70 bits per heavy atom. The highest BCUT2D eigenvalue weighted by Gasteiger charge is 2.51. The van der Waals surface area contributed by atoms with Crippen molar-refractivity contribution in [2.24, 2.45) is 11.7 Å². The molecule has 27 heavy (non-hydrogen) atoms. The number of benzene rings is 2. The summed E-state index contributed by atoms with van der Waals surface area (Å²) in [6.45, 7) is 7.00. The smallest absolute Gasteiger partial charge is 0.261 e. The van der Waals surface area contributed by atoms with E-state index in [0.717, 1.165) is 25.7 Å². The summed E-state index contributed by atoms with van der Waals surface area (Å²) in [4.78, 5) is 0.666. The van der Waals surface area contributed by atoms with Crippen molar-refractivity contribution < 1.29 is 4.43 Å². The first kappa shape index (κ1) is 20.2. The quantitative estimate of drug-likeness (QED) is 0.600. The number of rotatable bonds is 5. The van der Waals surface area contributed by atoms with E-state index >= 15 is 0 Å². The second kappa shape index (κ2) is 8.25. The van der Waals surface area contributed by atoms with Gasteiger partial charge in [-0.2, -0.15) is 0 Å². The van der Waals surface area contributed by atoms with Crippen molar-refractivity contribution in [3.05, 3.63) is 60.7 Å². The van der Waals surface area contributed by atoms with E-state index in [0.29, 0.717) is 10.9 Å². The summed E-state index contributed by atoms with van der Waals surface area (Å²) < 4.78 is 7.20. The molecular formula is C23H31NOSSi. The molecule has 2 aromatic carbocycles. The van der Waals surface area contributed by atoms with Crippen molar-refractivity contribution in [1.29, 1.82) is 0 Å². The van der Waals surface area contributed by atoms with Gasteiger partial charge in [-0.1, -0.05) is 93.7 Å². The standard InChI is InChI=1S/C23H31NOSSi/c1-23(2,3)27(20-10-6-4-7-11-20,21-12-8-5-9-13-21)25-19-16-14-18(15-17-19)22(24)26/h4-13,18-19H,14-17H2,1-3H3,(H2,24,26)/t18-,19-. The molecule has 0 spiro atoms. The molecule has 2 aromatic rings. The minimum Gasteiger partial charge on any atom is -0.404 e. The van der Waals surface area contributed by atoms with E-state index in [1.54, 1.807) is 0 Å². The van der Waals surface area contributed by atoms with E-state index in [2.05, 4.69) is 81.4 Å². The molecule has 1 aliphatic rings. The fourth-order valence-electron chi connectivity index (χ4n) is 4.41. The van der Waals surface area contributed by atoms with Crippen molar-refractivity contribution in [2.75, 3.05) is 0 Å². The lowest BCUT2D eigenvalue weighted by Crippen LogP contribution is -2.67. The van der Waals surface area contributed by atoms with Gasteiger partial charge in [0.1, 0.15) is 0 Å². The topological polar surface area (TPSA) is 35.2 Å². The summed E-state index contributed by atoms with van der Waals surface area (Å²) in [5.74, 6) is 0.374. The zero-order valence-corrected chi connectivity index (χ0v) is 18.5. The van der Waals surface area contributed by atoms with E-state index in [1.807, 2.05) is 0 Å². The third kappa shape index (κ3) is 4.18. The van der Waals surface area contributed by atoms with Crippen molar-refractivity contribution >= 4 is 35.9 Å². The van der Waals surface area contributed by atoms with Gasteiger partial charge < -0.3 is 10.2 Å². The maximum atomic E-state index is 7.20. The third-order valence-electron chi connectivity index (χ3n) is 5.84. The van der Waals surface area contributed by atoms with Gasteiger partial charge in [-0.05, 0) is 41.1 Å². The van der Waals surface area contributed by atoms with Crippen LogP contribution in [-0.4, -0.2) is 19.4 Å². The molecule has 0 aliphatic heterocycles. The zero-order chi connectivity index (χ0) is 19.5. The van der Waals surface area contributed by atoms with Crippen molar-refractivity contribution in [1.82, 2.24) is 0 Å². The second-order valence-corrected chi connectivity index (χ2v) is 13.4. The fraction of sp³-hybridized carbons (Fsp3) is 0.435. The average molecular weight is 398 g/mol. The molecule has 1 saturated carbocycles. The molecule has 3 rings (SSSR count). The van der Waals surface area contributed by atoms with E-state index in [9.17, 15) is 0 Å². The van der Waals surface area contributed by atoms with E-state index in [4.69, 9.17) is 22.4 Å². The van der Waals surface area contributed by atoms with Crippen molar-refractivity contribution in [2.45, 2.75) is 57.6 Å². The molecule has 4 heteroatoms. The van der Waals surface area contributed by atoms with Gasteiger partial charge in [0.2, 0.25) is 0 Å². The molecule has 0 atom stereocenters. The highest BCUT2D eigenvalue weighted by Crippen LogP contribution is 2.39. The van der Waals surface area contributed by atoms with Gasteiger partial charge >= 0.3 is 0 Å². The minimum atomic E-state index is -2.45. The van der Waals surface area contributed by atoms with Crippen LogP contribution in [0.1, 0.15) is 46.5 Å². The van der Waals surface area contributed by atoms with Gasteiger partial charge in [0.15, 0.2) is 0 Å². The van der Waals surface area contributed by atoms with Crippen molar-refractivity contribution in [3.8, 4) is 0 Å². The number of thiocarbonyl (C=S) groups is 1. The van der Waals surface area contributed by atoms with E-state index in [1.165, 1.54) is 10.4 Å². The Morgan fingerprint density at radius 2 is 1.33 bits per heavy atom. The van der Waals surface area contributed by atoms with Gasteiger partial charge in [-0.25, -0.2) is 0 Å². The van der Waals surface area contributed by atoms with Crippen LogP contribution in [-0.2, 0) is 4.43 Å². The molecule has 1 aliphatic carbocycles. The molecule has 0 saturated heterocycles. The van der Waals surface area contributed by atoms with E-state index < -0.39 is 8.32 Å². The number of hydrogen-bond donors (Lipinski definition) is 1. The first-order chi connectivity index (χ1) is 12.8. The van der Waals surface area contributed by atoms with Crippen LogP contribution in [0.25, 0.3) is 0 Å². The Hall–Kier alpha value is -1.49. The van der Waals surface area contributed by atoms with Crippen molar-refractivity contribution in [3.63, 3.8) is 0 Å². The maximum Gasteiger partial charge on any atom is 0.261 e. The van der Waals surface area contributed by atoms with Gasteiger partial charge in [0, 0.05) is 12.0 Å². The molecule has 144 valence electrons. The van der Waals surface area contributed by atoms with Gasteiger partial charge in [-0.15, -0.1) is 0 Å². The average Bonchev–Trinajstić information content (AvgIpc) is 2.67. The Morgan fingerprint density at radius 1 is 0.889 bits per heavy atom. The normalized spacial score (nSPS) is 21.0. The Balaban J connectivity index is 2.01. The lowest BCUT2D eigenvalue weighted by molar-refractivity contribution is 0.134. The minimum absolute atomic E-state index is 0.0235. The SMILES string of the molecule is CC(C)(C)[Si](O[C@H]1CC[C@H](C(N)=S)CC1)(c1ccccc1)c1ccccc1. The largest absolute Gasteiger partial charge is 0.404 e. The molecule has 2 N–H and O–H groups in total. The summed E-state index contributed by atoms with van der Waals surface area (Å²) in [6, 6.07) is 21.7. The van der Waals surface area contributed by atoms with Crippen LogP contribution in [0.4, 0.5) is 0 Å². The Labute approximate surface area is 170 Å². The summed E-state index contributed by atoms with van der Waals surface area (Å²) in [5.41, 5.74) is 5.89. The molecule has 2 nitrogen and oxygen atoms in total. The molecule has 0 radical (unpaired) electrons. The summed E-state index contributed by atoms with van der Waals surface area (Å²) >= 11 is 5.22. The highest BCUT2D eigenvalue weighted by atomic mass is 32.1. The van der Waals surface area contributed by atoms with Crippen LogP contribution in [0.15, 0.2) is 60.7 Å². The van der Waals surface area contributed by atoms with Crippen LogP contribution in [0.5, 0.6) is 0 Å². The van der Waals surface area contributed by atoms with Crippen LogP contribution in [0.2, 0.25) is 5.04 Å². The lowest BCUT2D eigenvalue weighted by Gasteiger charge is -2.46. The lowest BCUT2D eigenvalue weighted by atomic mass is 9.87. The first-order valence-corrected chi connectivity index (χ1v) is 12.2. The molecule has 1 fully saturated rings. The van der Waals surface area contributed by atoms with E-state index in [-0.39, 0.29) is 11.1 Å². The Kier molecular flexibility index (Phi) is 6.19. The van der Waals surface area contributed by atoms with Crippen LogP contribution < -0.4 is 16.1 Å². The van der Waals surface area contributed by atoms with Crippen LogP contribution in [0.3, 0.4) is 0 Å². The first-order valence-electron chi connectivity index (χ1n) is 9.93. The van der Waals surface area contributed by atoms with Crippen LogP contribution in [0, 0.1) is 5.92 Å². The molecule has 0 amide bonds. The van der Waals surface area contributed by atoms with Gasteiger partial charge in [-0.3, -0.25) is 0 Å². The summed E-state index contributed by atoms with van der Waals surface area (Å²) in [7, 11) is -2.45. The monoisotopic (exact) mass is 397 g/mol. The Bertz CT molecular complexity index is 709. The highest BCUT2D eigenvalue weighted by molar-refractivity contribution is 7.80. The molecule has 0 bridgehead atoms.